The number of aromatic nitrogens is 1. The lowest BCUT2D eigenvalue weighted by atomic mass is 9.92. The van der Waals surface area contributed by atoms with Crippen LogP contribution in [0.25, 0.3) is 0 Å². The van der Waals surface area contributed by atoms with Crippen LogP contribution in [0.2, 0.25) is 5.02 Å². The van der Waals surface area contributed by atoms with Crippen molar-refractivity contribution in [1.82, 2.24) is 20.1 Å². The van der Waals surface area contributed by atoms with Gasteiger partial charge in [0.05, 0.1) is 11.4 Å². The van der Waals surface area contributed by atoms with E-state index >= 15 is 0 Å². The zero-order chi connectivity index (χ0) is 24.6. The van der Waals surface area contributed by atoms with Gasteiger partial charge in [-0.15, -0.1) is 0 Å². The number of pyridine rings is 1. The van der Waals surface area contributed by atoms with Gasteiger partial charge < -0.3 is 20.4 Å². The molecule has 190 valence electrons. The number of carbonyl (C=O) groups excluding carboxylic acids is 1. The highest BCUT2D eigenvalue weighted by atomic mass is 35.5. The van der Waals surface area contributed by atoms with Crippen LogP contribution in [-0.4, -0.2) is 66.6 Å². The highest BCUT2D eigenvalue weighted by molar-refractivity contribution is 6.31. The smallest absolute Gasteiger partial charge is 0.327 e. The minimum atomic E-state index is -0.177. The Labute approximate surface area is 214 Å². The largest absolute Gasteiger partial charge is 0.378 e. The van der Waals surface area contributed by atoms with Gasteiger partial charge in [-0.2, -0.15) is 0 Å². The third-order valence-electron chi connectivity index (χ3n) is 7.35. The van der Waals surface area contributed by atoms with E-state index in [4.69, 9.17) is 11.6 Å². The number of carbonyl (C=O) groups is 1. The van der Waals surface area contributed by atoms with Crippen LogP contribution in [0.3, 0.4) is 0 Å². The van der Waals surface area contributed by atoms with Crippen LogP contribution in [0, 0.1) is 5.92 Å². The summed E-state index contributed by atoms with van der Waals surface area (Å²) >= 11 is 6.30. The normalized spacial score (nSPS) is 16.4. The highest BCUT2D eigenvalue weighted by Crippen LogP contribution is 2.37. The van der Waals surface area contributed by atoms with E-state index in [0.29, 0.717) is 23.9 Å². The molecule has 0 bridgehead atoms. The number of fused-ring (bicyclic) bond motifs is 2. The summed E-state index contributed by atoms with van der Waals surface area (Å²) < 4.78 is 0. The number of rotatable bonds is 9. The first-order chi connectivity index (χ1) is 17.1. The molecule has 1 aromatic heterocycles. The Morgan fingerprint density at radius 3 is 2.80 bits per heavy atom. The molecule has 2 aromatic rings. The molecule has 0 atom stereocenters. The fraction of sp³-hybridized carbons (Fsp3) is 0.556. The van der Waals surface area contributed by atoms with Gasteiger partial charge in [0, 0.05) is 30.9 Å². The number of hydrogen-bond acceptors (Lipinski definition) is 5. The van der Waals surface area contributed by atoms with E-state index < -0.39 is 0 Å². The molecule has 0 aliphatic carbocycles. The number of likely N-dealkylation sites (tertiary alicyclic amines) is 1. The number of anilines is 3. The predicted octanol–water partition coefficient (Wildman–Crippen LogP) is 5.34. The van der Waals surface area contributed by atoms with Crippen molar-refractivity contribution >= 4 is 34.8 Å². The zero-order valence-corrected chi connectivity index (χ0v) is 21.9. The first kappa shape index (κ1) is 25.7. The van der Waals surface area contributed by atoms with E-state index in [1.165, 1.54) is 32.2 Å². The van der Waals surface area contributed by atoms with E-state index in [-0.39, 0.29) is 6.03 Å². The number of piperidine rings is 1. The summed E-state index contributed by atoms with van der Waals surface area (Å²) in [5, 5.41) is 7.11. The summed E-state index contributed by atoms with van der Waals surface area (Å²) in [7, 11) is 0. The second-order valence-corrected chi connectivity index (χ2v) is 9.96. The van der Waals surface area contributed by atoms with Gasteiger partial charge >= 0.3 is 6.03 Å². The second kappa shape index (κ2) is 12.6. The third-order valence-corrected chi connectivity index (χ3v) is 7.59. The van der Waals surface area contributed by atoms with E-state index in [0.717, 1.165) is 55.6 Å². The summed E-state index contributed by atoms with van der Waals surface area (Å²) in [6.45, 7) is 12.3. The average Bonchev–Trinajstić information content (AvgIpc) is 3.04. The highest BCUT2D eigenvalue weighted by Gasteiger charge is 2.27. The van der Waals surface area contributed by atoms with E-state index in [2.05, 4.69) is 39.3 Å². The van der Waals surface area contributed by atoms with Crippen LogP contribution < -0.4 is 15.5 Å². The Hall–Kier alpha value is -2.35. The van der Waals surface area contributed by atoms with Gasteiger partial charge in [-0.3, -0.25) is 0 Å². The van der Waals surface area contributed by atoms with Gasteiger partial charge in [0.2, 0.25) is 0 Å². The van der Waals surface area contributed by atoms with Crippen LogP contribution in [-0.2, 0) is 6.54 Å². The molecule has 2 aliphatic heterocycles. The second-order valence-electron chi connectivity index (χ2n) is 9.52. The van der Waals surface area contributed by atoms with Crippen molar-refractivity contribution in [3.05, 3.63) is 47.1 Å². The first-order valence-corrected chi connectivity index (χ1v) is 13.5. The van der Waals surface area contributed by atoms with E-state index in [9.17, 15) is 4.79 Å². The van der Waals surface area contributed by atoms with Crippen molar-refractivity contribution in [2.75, 3.05) is 56.0 Å². The average molecular weight is 499 g/mol. The fourth-order valence-corrected chi connectivity index (χ4v) is 5.33. The lowest BCUT2D eigenvalue weighted by Crippen LogP contribution is -2.43. The molecule has 35 heavy (non-hydrogen) atoms. The van der Waals surface area contributed by atoms with Gasteiger partial charge in [0.25, 0.3) is 0 Å². The Bertz CT molecular complexity index is 974. The number of urea groups is 1. The summed E-state index contributed by atoms with van der Waals surface area (Å²) in [6.07, 6.45) is 6.86. The Morgan fingerprint density at radius 2 is 2.03 bits per heavy atom. The van der Waals surface area contributed by atoms with Crippen LogP contribution >= 0.6 is 11.6 Å². The molecule has 3 heterocycles. The molecule has 2 N–H and O–H groups in total. The van der Waals surface area contributed by atoms with Crippen molar-refractivity contribution in [3.63, 3.8) is 0 Å². The number of nitrogens with one attached hydrogen (secondary N) is 2. The molecule has 8 heteroatoms. The first-order valence-electron chi connectivity index (χ1n) is 13.1. The fourth-order valence-electron chi connectivity index (χ4n) is 5.16. The SMILES string of the molecule is CCN(CC)CCCC1CCN(CCNC(=O)N2c3cc(Cl)ccc3CNc3cccnc32)CC1. The molecule has 0 spiro atoms. The molecule has 2 aliphatic rings. The van der Waals surface area contributed by atoms with Crippen LogP contribution in [0.1, 0.15) is 45.1 Å². The van der Waals surface area contributed by atoms with Gasteiger partial charge in [0.15, 0.2) is 5.82 Å². The third kappa shape index (κ3) is 6.66. The maximum Gasteiger partial charge on any atom is 0.327 e. The standard InChI is InChI=1S/C27H39ClN6O/c1-3-32(4-2)15-6-7-21-11-16-33(17-12-21)18-14-30-27(35)34-25-19-23(28)10-9-22(25)20-31-24-8-5-13-29-26(24)34/h5,8-10,13,19,21,31H,3-4,6-7,11-12,14-18,20H2,1-2H3,(H,30,35). The monoisotopic (exact) mass is 498 g/mol. The summed E-state index contributed by atoms with van der Waals surface area (Å²) in [4.78, 5) is 24.5. The quantitative estimate of drug-likeness (QED) is 0.488. The summed E-state index contributed by atoms with van der Waals surface area (Å²) in [5.41, 5.74) is 2.61. The number of amides is 2. The molecule has 1 aromatic carbocycles. The maximum absolute atomic E-state index is 13.4. The van der Waals surface area contributed by atoms with Crippen LogP contribution in [0.4, 0.5) is 22.0 Å². The van der Waals surface area contributed by atoms with E-state index in [1.807, 2.05) is 30.3 Å². The topological polar surface area (TPSA) is 63.7 Å². The molecule has 2 amide bonds. The van der Waals surface area contributed by atoms with Crippen molar-refractivity contribution in [2.24, 2.45) is 5.92 Å². The molecule has 4 rings (SSSR count). The lowest BCUT2D eigenvalue weighted by molar-refractivity contribution is 0.174. The molecule has 1 fully saturated rings. The lowest BCUT2D eigenvalue weighted by Gasteiger charge is -2.32. The summed E-state index contributed by atoms with van der Waals surface area (Å²) in [6, 6.07) is 9.30. The number of nitrogens with zero attached hydrogens (tertiary/aromatic N) is 4. The van der Waals surface area contributed by atoms with Gasteiger partial charge in [-0.25, -0.2) is 14.7 Å². The van der Waals surface area contributed by atoms with Crippen molar-refractivity contribution < 1.29 is 4.79 Å². The van der Waals surface area contributed by atoms with Gasteiger partial charge in [0.1, 0.15) is 0 Å². The number of hydrogen-bond donors (Lipinski definition) is 2. The Balaban J connectivity index is 1.29. The number of benzene rings is 1. The molecule has 7 nitrogen and oxygen atoms in total. The Morgan fingerprint density at radius 1 is 1.23 bits per heavy atom. The minimum Gasteiger partial charge on any atom is -0.378 e. The molecular weight excluding hydrogens is 460 g/mol. The number of halogens is 1. The van der Waals surface area contributed by atoms with Crippen molar-refractivity contribution in [2.45, 2.75) is 46.1 Å². The Kier molecular flexibility index (Phi) is 9.24. The van der Waals surface area contributed by atoms with E-state index in [1.54, 1.807) is 11.1 Å². The zero-order valence-electron chi connectivity index (χ0n) is 21.1. The predicted molar refractivity (Wildman–Crippen MR) is 145 cm³/mol. The summed E-state index contributed by atoms with van der Waals surface area (Å²) in [5.74, 6) is 1.43. The minimum absolute atomic E-state index is 0.177. The van der Waals surface area contributed by atoms with Crippen LogP contribution in [0.5, 0.6) is 0 Å². The van der Waals surface area contributed by atoms with Gasteiger partial charge in [-0.1, -0.05) is 31.5 Å². The van der Waals surface area contributed by atoms with Crippen molar-refractivity contribution in [3.8, 4) is 0 Å². The molecule has 0 radical (unpaired) electrons. The molecule has 0 unspecified atom stereocenters. The van der Waals surface area contributed by atoms with Crippen molar-refractivity contribution in [1.29, 1.82) is 0 Å². The van der Waals surface area contributed by atoms with Gasteiger partial charge in [-0.05, 0) is 94.2 Å². The maximum atomic E-state index is 13.4. The molecule has 0 saturated carbocycles. The van der Waals surface area contributed by atoms with Crippen LogP contribution in [0.15, 0.2) is 36.5 Å². The molecule has 1 saturated heterocycles. The molecular formula is C27H39ClN6O.